The Hall–Kier alpha value is -1.89. The van der Waals surface area contributed by atoms with Gasteiger partial charge in [-0.15, -0.1) is 0 Å². The van der Waals surface area contributed by atoms with Gasteiger partial charge in [0.05, 0.1) is 12.2 Å². The van der Waals surface area contributed by atoms with Crippen molar-refractivity contribution in [1.29, 1.82) is 0 Å². The fourth-order valence-electron chi connectivity index (χ4n) is 3.77. The van der Waals surface area contributed by atoms with Crippen LogP contribution in [0.25, 0.3) is 0 Å². The van der Waals surface area contributed by atoms with Crippen molar-refractivity contribution >= 4 is 11.9 Å². The Labute approximate surface area is 156 Å². The number of amides is 1. The van der Waals surface area contributed by atoms with Gasteiger partial charge in [-0.2, -0.15) is 0 Å². The molecule has 1 N–H and O–H groups in total. The van der Waals surface area contributed by atoms with Crippen LogP contribution < -0.4 is 10.2 Å². The number of hydrogen-bond donors (Lipinski definition) is 1. The van der Waals surface area contributed by atoms with Crippen molar-refractivity contribution in [1.82, 2.24) is 20.2 Å². The van der Waals surface area contributed by atoms with E-state index in [0.717, 1.165) is 36.6 Å². The number of hydrogen-bond acceptors (Lipinski definition) is 6. The maximum Gasteiger partial charge on any atom is 0.410 e. The monoisotopic (exact) mass is 361 g/mol. The number of carbonyl (C=O) groups is 1. The highest BCUT2D eigenvalue weighted by atomic mass is 16.6. The molecule has 2 aliphatic heterocycles. The van der Waals surface area contributed by atoms with Crippen molar-refractivity contribution in [2.24, 2.45) is 5.92 Å². The van der Waals surface area contributed by atoms with Crippen molar-refractivity contribution in [2.45, 2.75) is 58.7 Å². The first-order chi connectivity index (χ1) is 12.3. The normalized spacial score (nSPS) is 23.3. The summed E-state index contributed by atoms with van der Waals surface area (Å²) in [6, 6.07) is 0.423. The highest BCUT2D eigenvalue weighted by Crippen LogP contribution is 2.29. The maximum absolute atomic E-state index is 12.4. The summed E-state index contributed by atoms with van der Waals surface area (Å²) in [7, 11) is 2.12. The van der Waals surface area contributed by atoms with E-state index < -0.39 is 5.60 Å². The molecule has 0 spiro atoms. The average molecular weight is 361 g/mol. The Morgan fingerprint density at radius 3 is 2.85 bits per heavy atom. The molecule has 0 radical (unpaired) electrons. The molecule has 1 aromatic rings. The smallest absolute Gasteiger partial charge is 0.410 e. The third kappa shape index (κ3) is 4.09. The summed E-state index contributed by atoms with van der Waals surface area (Å²) in [6.45, 7) is 11.1. The molecule has 1 fully saturated rings. The van der Waals surface area contributed by atoms with Crippen LogP contribution in [0, 0.1) is 5.92 Å². The molecule has 144 valence electrons. The van der Waals surface area contributed by atoms with Crippen LogP contribution in [0.2, 0.25) is 0 Å². The Balaban J connectivity index is 1.77. The molecule has 3 rings (SSSR count). The molecule has 0 aliphatic carbocycles. The minimum absolute atomic E-state index is 0.276. The van der Waals surface area contributed by atoms with Crippen molar-refractivity contribution in [3.63, 3.8) is 0 Å². The highest BCUT2D eigenvalue weighted by Gasteiger charge is 2.31. The van der Waals surface area contributed by atoms with Gasteiger partial charge in [-0.05, 0) is 46.1 Å². The summed E-state index contributed by atoms with van der Waals surface area (Å²) >= 11 is 0. The second kappa shape index (κ2) is 7.39. The number of carbonyl (C=O) groups excluding carboxylic acids is 1. The molecule has 1 saturated heterocycles. The van der Waals surface area contributed by atoms with E-state index in [4.69, 9.17) is 4.74 Å². The SMILES string of the molecule is C[C@@H]1CCNC[C@@H]1N(C)c1ncnc2c1CCN(C(=O)OC(C)(C)C)C2. The molecular formula is C19H31N5O2. The quantitative estimate of drug-likeness (QED) is 0.871. The van der Waals surface area contributed by atoms with Gasteiger partial charge in [0.1, 0.15) is 17.7 Å². The van der Waals surface area contributed by atoms with Crippen LogP contribution in [0.5, 0.6) is 0 Å². The molecule has 2 atom stereocenters. The molecule has 1 amide bonds. The van der Waals surface area contributed by atoms with E-state index >= 15 is 0 Å². The lowest BCUT2D eigenvalue weighted by Crippen LogP contribution is -2.50. The third-order valence-corrected chi connectivity index (χ3v) is 5.25. The van der Waals surface area contributed by atoms with Gasteiger partial charge in [-0.25, -0.2) is 14.8 Å². The second-order valence-corrected chi connectivity index (χ2v) is 8.42. The van der Waals surface area contributed by atoms with Gasteiger partial charge in [0.25, 0.3) is 0 Å². The van der Waals surface area contributed by atoms with Gasteiger partial charge in [0.15, 0.2) is 0 Å². The topological polar surface area (TPSA) is 70.6 Å². The molecule has 0 bridgehead atoms. The van der Waals surface area contributed by atoms with E-state index in [0.29, 0.717) is 25.0 Å². The largest absolute Gasteiger partial charge is 0.444 e. The molecule has 0 aromatic carbocycles. The van der Waals surface area contributed by atoms with Crippen molar-refractivity contribution in [3.8, 4) is 0 Å². The summed E-state index contributed by atoms with van der Waals surface area (Å²) in [5.74, 6) is 1.62. The number of aromatic nitrogens is 2. The minimum Gasteiger partial charge on any atom is -0.444 e. The van der Waals surface area contributed by atoms with Crippen LogP contribution in [-0.4, -0.2) is 59.3 Å². The summed E-state index contributed by atoms with van der Waals surface area (Å²) in [5, 5.41) is 3.49. The van der Waals surface area contributed by atoms with E-state index in [-0.39, 0.29) is 6.09 Å². The zero-order chi connectivity index (χ0) is 18.9. The van der Waals surface area contributed by atoms with Crippen molar-refractivity contribution in [2.75, 3.05) is 31.6 Å². The van der Waals surface area contributed by atoms with Gasteiger partial charge in [0, 0.05) is 31.7 Å². The summed E-state index contributed by atoms with van der Waals surface area (Å²) in [4.78, 5) is 25.4. The van der Waals surface area contributed by atoms with E-state index in [2.05, 4.69) is 34.2 Å². The predicted molar refractivity (Wildman–Crippen MR) is 101 cm³/mol. The van der Waals surface area contributed by atoms with Crippen molar-refractivity contribution < 1.29 is 9.53 Å². The van der Waals surface area contributed by atoms with Crippen LogP contribution in [0.4, 0.5) is 10.6 Å². The van der Waals surface area contributed by atoms with Crippen molar-refractivity contribution in [3.05, 3.63) is 17.6 Å². The summed E-state index contributed by atoms with van der Waals surface area (Å²) < 4.78 is 5.50. The molecular weight excluding hydrogens is 330 g/mol. The molecule has 0 unspecified atom stereocenters. The highest BCUT2D eigenvalue weighted by molar-refractivity contribution is 5.69. The van der Waals surface area contributed by atoms with E-state index in [1.54, 1.807) is 11.2 Å². The number of nitrogens with one attached hydrogen (secondary N) is 1. The number of rotatable bonds is 2. The molecule has 0 saturated carbocycles. The standard InChI is InChI=1S/C19H31N5O2/c1-13-6-8-20-10-16(13)23(5)17-14-7-9-24(11-15(14)21-12-22-17)18(25)26-19(2,3)4/h12-13,16,20H,6-11H2,1-5H3/t13-,16+/m1/s1. The first-order valence-electron chi connectivity index (χ1n) is 9.50. The van der Waals surface area contributed by atoms with E-state index in [9.17, 15) is 4.79 Å². The lowest BCUT2D eigenvalue weighted by Gasteiger charge is -2.39. The molecule has 26 heavy (non-hydrogen) atoms. The van der Waals surface area contributed by atoms with Gasteiger partial charge in [0.2, 0.25) is 0 Å². The lowest BCUT2D eigenvalue weighted by atomic mass is 9.93. The molecule has 7 heteroatoms. The van der Waals surface area contributed by atoms with Crippen LogP contribution in [0.15, 0.2) is 6.33 Å². The summed E-state index contributed by atoms with van der Waals surface area (Å²) in [5.41, 5.74) is 1.60. The lowest BCUT2D eigenvalue weighted by molar-refractivity contribution is 0.0220. The van der Waals surface area contributed by atoms with Gasteiger partial charge >= 0.3 is 6.09 Å². The Kier molecular flexibility index (Phi) is 5.37. The number of nitrogens with zero attached hydrogens (tertiary/aromatic N) is 4. The Morgan fingerprint density at radius 2 is 2.15 bits per heavy atom. The Morgan fingerprint density at radius 1 is 1.38 bits per heavy atom. The number of likely N-dealkylation sites (N-methyl/N-ethyl adjacent to an activating group) is 1. The van der Waals surface area contributed by atoms with Crippen LogP contribution in [0.3, 0.4) is 0 Å². The first-order valence-corrected chi connectivity index (χ1v) is 9.50. The Bertz CT molecular complexity index is 658. The average Bonchev–Trinajstić information content (AvgIpc) is 2.59. The predicted octanol–water partition coefficient (Wildman–Crippen LogP) is 2.20. The van der Waals surface area contributed by atoms with Crippen LogP contribution >= 0.6 is 0 Å². The third-order valence-electron chi connectivity index (χ3n) is 5.25. The molecule has 1 aromatic heterocycles. The number of piperidine rings is 1. The molecule has 2 aliphatic rings. The number of fused-ring (bicyclic) bond motifs is 1. The maximum atomic E-state index is 12.4. The molecule has 7 nitrogen and oxygen atoms in total. The zero-order valence-corrected chi connectivity index (χ0v) is 16.6. The number of anilines is 1. The van der Waals surface area contributed by atoms with E-state index in [1.165, 1.54) is 6.42 Å². The van der Waals surface area contributed by atoms with Crippen LogP contribution in [0.1, 0.15) is 45.4 Å². The van der Waals surface area contributed by atoms with Gasteiger partial charge < -0.3 is 19.9 Å². The summed E-state index contributed by atoms with van der Waals surface area (Å²) in [6.07, 6.45) is 3.27. The fourth-order valence-corrected chi connectivity index (χ4v) is 3.77. The first kappa shape index (κ1) is 18.9. The molecule has 3 heterocycles. The minimum atomic E-state index is -0.488. The zero-order valence-electron chi connectivity index (χ0n) is 16.6. The van der Waals surface area contributed by atoms with Gasteiger partial charge in [-0.1, -0.05) is 6.92 Å². The van der Waals surface area contributed by atoms with E-state index in [1.807, 2.05) is 20.8 Å². The van der Waals surface area contributed by atoms with Gasteiger partial charge in [-0.3, -0.25) is 0 Å². The number of ether oxygens (including phenoxy) is 1. The fraction of sp³-hybridized carbons (Fsp3) is 0.737. The van der Waals surface area contributed by atoms with Crippen LogP contribution in [-0.2, 0) is 17.7 Å². The second-order valence-electron chi connectivity index (χ2n) is 8.42.